The van der Waals surface area contributed by atoms with Crippen LogP contribution < -0.4 is 0 Å². The van der Waals surface area contributed by atoms with Crippen LogP contribution in [0.5, 0.6) is 0 Å². The van der Waals surface area contributed by atoms with Gasteiger partial charge < -0.3 is 0 Å². The van der Waals surface area contributed by atoms with E-state index in [9.17, 15) is 0 Å². The molecule has 2 nitrogen and oxygen atoms in total. The van der Waals surface area contributed by atoms with Gasteiger partial charge >= 0.3 is 0 Å². The largest absolute Gasteiger partial charge is 0.237 e. The van der Waals surface area contributed by atoms with Crippen molar-refractivity contribution in [2.45, 2.75) is 38.5 Å². The van der Waals surface area contributed by atoms with Crippen molar-refractivity contribution in [1.82, 2.24) is 9.97 Å². The van der Waals surface area contributed by atoms with Gasteiger partial charge in [-0.1, -0.05) is 35.3 Å². The molecule has 0 saturated carbocycles. The molecule has 3 rings (SSSR count). The molecule has 1 atom stereocenters. The van der Waals surface area contributed by atoms with Crippen LogP contribution in [0.4, 0.5) is 0 Å². The summed E-state index contributed by atoms with van der Waals surface area (Å²) in [6.45, 7) is 4.13. The normalized spacial score (nSPS) is 21.6. The second-order valence-corrected chi connectivity index (χ2v) is 6.38. The van der Waals surface area contributed by atoms with E-state index in [0.29, 0.717) is 5.15 Å². The van der Waals surface area contributed by atoms with Crippen molar-refractivity contribution in [3.05, 3.63) is 57.1 Å². The van der Waals surface area contributed by atoms with Crippen LogP contribution in [-0.4, -0.2) is 9.97 Å². The number of rotatable bonds is 1. The number of benzene rings is 1. The first-order chi connectivity index (χ1) is 9.50. The van der Waals surface area contributed by atoms with E-state index in [1.807, 2.05) is 19.1 Å². The van der Waals surface area contributed by atoms with E-state index in [2.05, 4.69) is 24.0 Å². The molecule has 1 heterocycles. The van der Waals surface area contributed by atoms with Gasteiger partial charge in [0.2, 0.25) is 0 Å². The van der Waals surface area contributed by atoms with Crippen LogP contribution in [0, 0.1) is 6.92 Å². The lowest BCUT2D eigenvalue weighted by Gasteiger charge is -2.35. The predicted molar refractivity (Wildman–Crippen MR) is 82.6 cm³/mol. The molecule has 4 heteroatoms. The Hall–Kier alpha value is -1.12. The molecule has 0 bridgehead atoms. The molecule has 104 valence electrons. The quantitative estimate of drug-likeness (QED) is 0.712. The summed E-state index contributed by atoms with van der Waals surface area (Å²) in [4.78, 5) is 8.99. The third kappa shape index (κ3) is 2.21. The first-order valence-electron chi connectivity index (χ1n) is 6.80. The SMILES string of the molecule is Cc1nc(Cl)c2c(n1)C(C)(c1ccc(Cl)cc1)CCC2. The van der Waals surface area contributed by atoms with Gasteiger partial charge in [-0.2, -0.15) is 0 Å². The van der Waals surface area contributed by atoms with Crippen LogP contribution in [0.15, 0.2) is 24.3 Å². The predicted octanol–water partition coefficient (Wildman–Crippen LogP) is 4.73. The molecule has 0 saturated heterocycles. The molecular weight excluding hydrogens is 291 g/mol. The van der Waals surface area contributed by atoms with Gasteiger partial charge in [-0.3, -0.25) is 0 Å². The Morgan fingerprint density at radius 1 is 1.10 bits per heavy atom. The highest BCUT2D eigenvalue weighted by molar-refractivity contribution is 6.30. The summed E-state index contributed by atoms with van der Waals surface area (Å²) in [6.07, 6.45) is 3.12. The van der Waals surface area contributed by atoms with Crippen molar-refractivity contribution in [2.24, 2.45) is 0 Å². The van der Waals surface area contributed by atoms with Crippen molar-refractivity contribution < 1.29 is 0 Å². The number of hydrogen-bond donors (Lipinski definition) is 0. The Labute approximate surface area is 129 Å². The van der Waals surface area contributed by atoms with Crippen LogP contribution in [0.25, 0.3) is 0 Å². The maximum absolute atomic E-state index is 6.32. The molecule has 1 aromatic carbocycles. The summed E-state index contributed by atoms with van der Waals surface area (Å²) >= 11 is 12.3. The van der Waals surface area contributed by atoms with Crippen LogP contribution in [-0.2, 0) is 11.8 Å². The van der Waals surface area contributed by atoms with E-state index in [0.717, 1.165) is 41.4 Å². The van der Waals surface area contributed by atoms with Gasteiger partial charge in [-0.05, 0) is 50.8 Å². The Kier molecular flexibility index (Phi) is 3.47. The zero-order chi connectivity index (χ0) is 14.3. The van der Waals surface area contributed by atoms with E-state index in [1.54, 1.807) is 0 Å². The summed E-state index contributed by atoms with van der Waals surface area (Å²) in [6, 6.07) is 8.05. The first kappa shape index (κ1) is 13.8. The lowest BCUT2D eigenvalue weighted by Crippen LogP contribution is -2.31. The van der Waals surface area contributed by atoms with Crippen molar-refractivity contribution in [2.75, 3.05) is 0 Å². The lowest BCUT2D eigenvalue weighted by atomic mass is 9.70. The van der Waals surface area contributed by atoms with Gasteiger partial charge in [0.1, 0.15) is 11.0 Å². The molecule has 1 aliphatic rings. The number of aryl methyl sites for hydroxylation is 1. The van der Waals surface area contributed by atoms with Crippen molar-refractivity contribution >= 4 is 23.2 Å². The molecule has 0 N–H and O–H groups in total. The first-order valence-corrected chi connectivity index (χ1v) is 7.56. The van der Waals surface area contributed by atoms with Crippen molar-refractivity contribution in [3.63, 3.8) is 0 Å². The average molecular weight is 307 g/mol. The van der Waals surface area contributed by atoms with Gasteiger partial charge in [-0.25, -0.2) is 9.97 Å². The molecule has 0 amide bonds. The van der Waals surface area contributed by atoms with E-state index in [4.69, 9.17) is 28.2 Å². The molecule has 1 aromatic heterocycles. The van der Waals surface area contributed by atoms with Gasteiger partial charge in [0.25, 0.3) is 0 Å². The minimum atomic E-state index is -0.116. The van der Waals surface area contributed by atoms with Crippen LogP contribution >= 0.6 is 23.2 Å². The third-order valence-electron chi connectivity index (χ3n) is 4.18. The second kappa shape index (κ2) is 5.01. The highest BCUT2D eigenvalue weighted by Gasteiger charge is 2.36. The molecule has 20 heavy (non-hydrogen) atoms. The number of nitrogens with zero attached hydrogens (tertiary/aromatic N) is 2. The fraction of sp³-hybridized carbons (Fsp3) is 0.375. The van der Waals surface area contributed by atoms with Crippen molar-refractivity contribution in [1.29, 1.82) is 0 Å². The summed E-state index contributed by atoms with van der Waals surface area (Å²) in [5.41, 5.74) is 3.29. The fourth-order valence-corrected chi connectivity index (χ4v) is 3.51. The van der Waals surface area contributed by atoms with Gasteiger partial charge in [0, 0.05) is 16.0 Å². The summed E-state index contributed by atoms with van der Waals surface area (Å²) in [5, 5.41) is 1.36. The third-order valence-corrected chi connectivity index (χ3v) is 4.74. The lowest BCUT2D eigenvalue weighted by molar-refractivity contribution is 0.447. The smallest absolute Gasteiger partial charge is 0.136 e. The number of hydrogen-bond acceptors (Lipinski definition) is 2. The highest BCUT2D eigenvalue weighted by Crippen LogP contribution is 2.43. The van der Waals surface area contributed by atoms with E-state index >= 15 is 0 Å². The van der Waals surface area contributed by atoms with Gasteiger partial charge in [0.15, 0.2) is 0 Å². The Morgan fingerprint density at radius 3 is 2.50 bits per heavy atom. The molecule has 0 radical (unpaired) electrons. The maximum Gasteiger partial charge on any atom is 0.136 e. The van der Waals surface area contributed by atoms with Gasteiger partial charge in [0.05, 0.1) is 5.69 Å². The minimum Gasteiger partial charge on any atom is -0.237 e. The van der Waals surface area contributed by atoms with Crippen LogP contribution in [0.3, 0.4) is 0 Å². The summed E-state index contributed by atoms with van der Waals surface area (Å²) in [7, 11) is 0. The Balaban J connectivity index is 2.19. The molecule has 1 unspecified atom stereocenters. The van der Waals surface area contributed by atoms with E-state index in [1.165, 1.54) is 5.56 Å². The molecule has 0 fully saturated rings. The fourth-order valence-electron chi connectivity index (χ4n) is 3.08. The highest BCUT2D eigenvalue weighted by atomic mass is 35.5. The summed E-state index contributed by atoms with van der Waals surface area (Å²) in [5.74, 6) is 0.732. The summed E-state index contributed by atoms with van der Waals surface area (Å²) < 4.78 is 0. The Bertz CT molecular complexity index is 652. The van der Waals surface area contributed by atoms with Crippen LogP contribution in [0.2, 0.25) is 10.2 Å². The monoisotopic (exact) mass is 306 g/mol. The van der Waals surface area contributed by atoms with Crippen LogP contribution in [0.1, 0.15) is 42.4 Å². The average Bonchev–Trinajstić information content (AvgIpc) is 2.41. The number of fused-ring (bicyclic) bond motifs is 1. The molecule has 1 aliphatic carbocycles. The number of aromatic nitrogens is 2. The molecule has 2 aromatic rings. The standard InChI is InChI=1S/C16H16Cl2N2/c1-10-19-14-13(15(18)20-10)4-3-9-16(14,2)11-5-7-12(17)8-6-11/h5-8H,3-4,9H2,1-2H3. The Morgan fingerprint density at radius 2 is 1.80 bits per heavy atom. The zero-order valence-corrected chi connectivity index (χ0v) is 13.1. The van der Waals surface area contributed by atoms with E-state index < -0.39 is 0 Å². The molecule has 0 aliphatic heterocycles. The molecule has 0 spiro atoms. The maximum atomic E-state index is 6.32. The topological polar surface area (TPSA) is 25.8 Å². The second-order valence-electron chi connectivity index (χ2n) is 5.58. The van der Waals surface area contributed by atoms with E-state index in [-0.39, 0.29) is 5.41 Å². The minimum absolute atomic E-state index is 0.116. The van der Waals surface area contributed by atoms with Crippen molar-refractivity contribution in [3.8, 4) is 0 Å². The van der Waals surface area contributed by atoms with Gasteiger partial charge in [-0.15, -0.1) is 0 Å². The zero-order valence-electron chi connectivity index (χ0n) is 11.6. The number of halogens is 2. The molecular formula is C16H16Cl2N2.